The molecule has 8 nitrogen and oxygen atoms in total. The third-order valence-corrected chi connectivity index (χ3v) is 7.16. The number of carbonyl (C=O) groups excluding carboxylic acids is 2. The van der Waals surface area contributed by atoms with Gasteiger partial charge < -0.3 is 14.6 Å². The van der Waals surface area contributed by atoms with Crippen LogP contribution in [-0.2, 0) is 20.8 Å². The third-order valence-electron chi connectivity index (χ3n) is 7.16. The number of rotatable bonds is 7. The molecule has 8 heteroatoms. The van der Waals surface area contributed by atoms with Crippen LogP contribution in [0.4, 0.5) is 5.69 Å². The van der Waals surface area contributed by atoms with Crippen molar-refractivity contribution in [2.24, 2.45) is 11.8 Å². The molecule has 0 aliphatic carbocycles. The number of anilines is 1. The Labute approximate surface area is 208 Å². The molecule has 2 aliphatic rings. The molecule has 2 aliphatic heterocycles. The second kappa shape index (κ2) is 9.13. The van der Waals surface area contributed by atoms with Crippen LogP contribution in [0.3, 0.4) is 0 Å². The number of aliphatic carboxylic acids is 1. The standard InChI is InChI=1S/C28H26N2O6/c1-35-19-14-12-18(13-15-19)24-22-23(28(29-24,27(33)34)16-17-8-4-3-5-9-17)26(32)30(25(22)31)20-10-6-7-11-21(20)36-2/h3-15,22-24,29H,16H2,1-2H3,(H,33,34)/t22-,23-,24-,28-/m0/s1. The van der Waals surface area contributed by atoms with Crippen molar-refractivity contribution in [2.45, 2.75) is 18.0 Å². The number of nitrogens with one attached hydrogen (secondary N) is 1. The molecule has 5 rings (SSSR count). The fourth-order valence-corrected chi connectivity index (χ4v) is 5.51. The summed E-state index contributed by atoms with van der Waals surface area (Å²) in [6.07, 6.45) is 0.0375. The molecule has 4 atom stereocenters. The number of benzene rings is 3. The van der Waals surface area contributed by atoms with E-state index in [1.54, 1.807) is 55.6 Å². The molecule has 0 saturated carbocycles. The lowest BCUT2D eigenvalue weighted by Gasteiger charge is -2.31. The van der Waals surface area contributed by atoms with Gasteiger partial charge in [0.2, 0.25) is 11.8 Å². The van der Waals surface area contributed by atoms with E-state index in [0.29, 0.717) is 22.7 Å². The Kier molecular flexibility index (Phi) is 5.97. The van der Waals surface area contributed by atoms with Crippen LogP contribution in [0, 0.1) is 11.8 Å². The first kappa shape index (κ1) is 23.6. The van der Waals surface area contributed by atoms with Crippen molar-refractivity contribution >= 4 is 23.5 Å². The highest BCUT2D eigenvalue weighted by Crippen LogP contribution is 2.51. The number of imide groups is 1. The molecule has 3 aromatic rings. The SMILES string of the molecule is COc1ccc([C@@H]2N[C@](Cc3ccccc3)(C(=O)O)[C@@H]3C(=O)N(c4ccccc4OC)C(=O)[C@@H]32)cc1. The predicted molar refractivity (Wildman–Crippen MR) is 132 cm³/mol. The Morgan fingerprint density at radius 3 is 2.22 bits per heavy atom. The number of carbonyl (C=O) groups is 3. The Balaban J connectivity index is 1.66. The van der Waals surface area contributed by atoms with Crippen molar-refractivity contribution < 1.29 is 29.0 Å². The van der Waals surface area contributed by atoms with Gasteiger partial charge in [-0.3, -0.25) is 19.7 Å². The van der Waals surface area contributed by atoms with Crippen LogP contribution in [-0.4, -0.2) is 42.6 Å². The van der Waals surface area contributed by atoms with E-state index in [4.69, 9.17) is 9.47 Å². The first-order valence-electron chi connectivity index (χ1n) is 11.6. The Hall–Kier alpha value is -4.17. The highest BCUT2D eigenvalue weighted by molar-refractivity contribution is 6.24. The molecule has 2 saturated heterocycles. The topological polar surface area (TPSA) is 105 Å². The number of fused-ring (bicyclic) bond motifs is 1. The van der Waals surface area contributed by atoms with Gasteiger partial charge in [0.25, 0.3) is 0 Å². The minimum Gasteiger partial charge on any atom is -0.497 e. The largest absolute Gasteiger partial charge is 0.497 e. The predicted octanol–water partition coefficient (Wildman–Crippen LogP) is 3.22. The number of amides is 2. The average Bonchev–Trinajstić information content (AvgIpc) is 3.38. The average molecular weight is 487 g/mol. The van der Waals surface area contributed by atoms with Crippen LogP contribution in [0.25, 0.3) is 0 Å². The summed E-state index contributed by atoms with van der Waals surface area (Å²) < 4.78 is 10.7. The lowest BCUT2D eigenvalue weighted by atomic mass is 9.76. The molecule has 0 radical (unpaired) electrons. The van der Waals surface area contributed by atoms with Crippen molar-refractivity contribution in [3.05, 3.63) is 90.0 Å². The number of para-hydroxylation sites is 2. The summed E-state index contributed by atoms with van der Waals surface area (Å²) in [5.41, 5.74) is 0.0551. The monoisotopic (exact) mass is 486 g/mol. The number of hydrogen-bond donors (Lipinski definition) is 2. The molecular weight excluding hydrogens is 460 g/mol. The summed E-state index contributed by atoms with van der Waals surface area (Å²) in [6.45, 7) is 0. The van der Waals surface area contributed by atoms with Crippen molar-refractivity contribution in [2.75, 3.05) is 19.1 Å². The number of ether oxygens (including phenoxy) is 2. The van der Waals surface area contributed by atoms with Gasteiger partial charge in [-0.05, 0) is 35.4 Å². The van der Waals surface area contributed by atoms with Gasteiger partial charge in [-0.15, -0.1) is 0 Å². The number of methoxy groups -OCH3 is 2. The maximum absolute atomic E-state index is 14.0. The molecule has 36 heavy (non-hydrogen) atoms. The molecule has 0 spiro atoms. The molecule has 2 heterocycles. The normalized spacial score (nSPS) is 25.1. The van der Waals surface area contributed by atoms with E-state index in [0.717, 1.165) is 10.5 Å². The van der Waals surface area contributed by atoms with Crippen LogP contribution in [0.5, 0.6) is 11.5 Å². The van der Waals surface area contributed by atoms with Crippen LogP contribution < -0.4 is 19.7 Å². The quantitative estimate of drug-likeness (QED) is 0.494. The second-order valence-electron chi connectivity index (χ2n) is 9.02. The molecule has 2 N–H and O–H groups in total. The van der Waals surface area contributed by atoms with Crippen molar-refractivity contribution in [1.29, 1.82) is 0 Å². The van der Waals surface area contributed by atoms with Crippen LogP contribution >= 0.6 is 0 Å². The molecule has 0 bridgehead atoms. The van der Waals surface area contributed by atoms with Crippen LogP contribution in [0.1, 0.15) is 17.2 Å². The third kappa shape index (κ3) is 3.61. The number of hydrogen-bond acceptors (Lipinski definition) is 6. The summed E-state index contributed by atoms with van der Waals surface area (Å²) in [6, 6.07) is 22.3. The molecule has 0 aromatic heterocycles. The van der Waals surface area contributed by atoms with Gasteiger partial charge in [0.05, 0.1) is 31.7 Å². The maximum atomic E-state index is 14.0. The number of carboxylic acids is 1. The zero-order chi connectivity index (χ0) is 25.4. The summed E-state index contributed by atoms with van der Waals surface area (Å²) >= 11 is 0. The minimum absolute atomic E-state index is 0.0375. The van der Waals surface area contributed by atoms with Gasteiger partial charge in [0.15, 0.2) is 0 Å². The molecule has 0 unspecified atom stereocenters. The zero-order valence-electron chi connectivity index (χ0n) is 19.9. The summed E-state index contributed by atoms with van der Waals surface area (Å²) in [7, 11) is 3.02. The smallest absolute Gasteiger partial charge is 0.325 e. The first-order valence-corrected chi connectivity index (χ1v) is 11.6. The first-order chi connectivity index (χ1) is 17.4. The maximum Gasteiger partial charge on any atom is 0.325 e. The van der Waals surface area contributed by atoms with E-state index >= 15 is 0 Å². The van der Waals surface area contributed by atoms with Crippen LogP contribution in [0.2, 0.25) is 0 Å². The molecule has 3 aromatic carbocycles. The Bertz CT molecular complexity index is 1310. The van der Waals surface area contributed by atoms with Gasteiger partial charge in [-0.2, -0.15) is 0 Å². The van der Waals surface area contributed by atoms with E-state index < -0.39 is 41.2 Å². The van der Waals surface area contributed by atoms with Gasteiger partial charge in [-0.1, -0.05) is 54.6 Å². The molecule has 2 fully saturated rings. The van der Waals surface area contributed by atoms with Crippen molar-refractivity contribution in [3.8, 4) is 11.5 Å². The van der Waals surface area contributed by atoms with Gasteiger partial charge in [-0.25, -0.2) is 4.90 Å². The summed E-state index contributed by atoms with van der Waals surface area (Å²) in [5, 5.41) is 13.8. The van der Waals surface area contributed by atoms with Gasteiger partial charge in [0.1, 0.15) is 17.0 Å². The van der Waals surface area contributed by atoms with E-state index in [1.807, 2.05) is 30.3 Å². The van der Waals surface area contributed by atoms with Crippen LogP contribution in [0.15, 0.2) is 78.9 Å². The fourth-order valence-electron chi connectivity index (χ4n) is 5.51. The van der Waals surface area contributed by atoms with Gasteiger partial charge in [0, 0.05) is 12.5 Å². The lowest BCUT2D eigenvalue weighted by Crippen LogP contribution is -2.57. The van der Waals surface area contributed by atoms with E-state index in [1.165, 1.54) is 7.11 Å². The minimum atomic E-state index is -1.69. The van der Waals surface area contributed by atoms with E-state index in [-0.39, 0.29) is 6.42 Å². The summed E-state index contributed by atoms with van der Waals surface area (Å²) in [5.74, 6) is -3.25. The highest BCUT2D eigenvalue weighted by Gasteiger charge is 2.68. The van der Waals surface area contributed by atoms with E-state index in [9.17, 15) is 19.5 Å². The van der Waals surface area contributed by atoms with Crippen molar-refractivity contribution in [1.82, 2.24) is 5.32 Å². The number of carboxylic acid groups (broad SMARTS) is 1. The molecule has 2 amide bonds. The lowest BCUT2D eigenvalue weighted by molar-refractivity contribution is -0.148. The second-order valence-corrected chi connectivity index (χ2v) is 9.02. The zero-order valence-corrected chi connectivity index (χ0v) is 19.9. The van der Waals surface area contributed by atoms with E-state index in [2.05, 4.69) is 5.32 Å². The number of nitrogens with zero attached hydrogens (tertiary/aromatic N) is 1. The highest BCUT2D eigenvalue weighted by atomic mass is 16.5. The van der Waals surface area contributed by atoms with Gasteiger partial charge >= 0.3 is 5.97 Å². The summed E-state index contributed by atoms with van der Waals surface area (Å²) in [4.78, 5) is 42.0. The fraction of sp³-hybridized carbons (Fsp3) is 0.250. The molecule has 184 valence electrons. The Morgan fingerprint density at radius 2 is 1.58 bits per heavy atom. The Morgan fingerprint density at radius 1 is 0.917 bits per heavy atom. The van der Waals surface area contributed by atoms with Crippen molar-refractivity contribution in [3.63, 3.8) is 0 Å². The molecular formula is C28H26N2O6.